The number of aromatic hydroxyl groups is 1. The van der Waals surface area contributed by atoms with Crippen molar-refractivity contribution in [3.05, 3.63) is 24.3 Å². The van der Waals surface area contributed by atoms with E-state index in [1.807, 2.05) is 6.26 Å². The van der Waals surface area contributed by atoms with E-state index >= 15 is 0 Å². The van der Waals surface area contributed by atoms with Gasteiger partial charge in [-0.25, -0.2) is 4.79 Å². The van der Waals surface area contributed by atoms with Gasteiger partial charge in [0.1, 0.15) is 6.04 Å². The zero-order valence-corrected chi connectivity index (χ0v) is 11.9. The molecule has 1 amide bonds. The first-order valence-corrected chi connectivity index (χ1v) is 7.36. The zero-order valence-electron chi connectivity index (χ0n) is 11.0. The van der Waals surface area contributed by atoms with Crippen LogP contribution >= 0.6 is 11.8 Å². The van der Waals surface area contributed by atoms with E-state index in [4.69, 9.17) is 9.84 Å². The standard InChI is InChI=1S/C13H17NO5S/c1-20-7-6-9(13(17)18)14-12(16)8-19-11-5-3-2-4-10(11)15/h2-5,9,15H,6-8H2,1H3,(H,14,16)(H,17,18). The number of phenols is 1. The molecule has 6 nitrogen and oxygen atoms in total. The molecule has 1 aromatic rings. The maximum absolute atomic E-state index is 11.6. The highest BCUT2D eigenvalue weighted by molar-refractivity contribution is 7.98. The van der Waals surface area contributed by atoms with Crippen molar-refractivity contribution in [3.8, 4) is 11.5 Å². The van der Waals surface area contributed by atoms with Gasteiger partial charge < -0.3 is 20.3 Å². The number of carboxylic acid groups (broad SMARTS) is 1. The molecule has 0 fully saturated rings. The Bertz CT molecular complexity index is 466. The van der Waals surface area contributed by atoms with Gasteiger partial charge in [0.05, 0.1) is 0 Å². The molecule has 1 atom stereocenters. The van der Waals surface area contributed by atoms with Crippen LogP contribution in [0.1, 0.15) is 6.42 Å². The summed E-state index contributed by atoms with van der Waals surface area (Å²) in [5.41, 5.74) is 0. The number of hydrogen-bond acceptors (Lipinski definition) is 5. The SMILES string of the molecule is CSCCC(NC(=O)COc1ccccc1O)C(=O)O. The van der Waals surface area contributed by atoms with Crippen LogP contribution in [0.25, 0.3) is 0 Å². The predicted octanol–water partition coefficient (Wildman–Crippen LogP) is 1.09. The lowest BCUT2D eigenvalue weighted by atomic mass is 10.2. The number of nitrogens with one attached hydrogen (secondary N) is 1. The fourth-order valence-electron chi connectivity index (χ4n) is 1.45. The Balaban J connectivity index is 2.46. The highest BCUT2D eigenvalue weighted by Gasteiger charge is 2.19. The molecule has 3 N–H and O–H groups in total. The molecule has 0 bridgehead atoms. The van der Waals surface area contributed by atoms with E-state index in [2.05, 4.69) is 5.32 Å². The van der Waals surface area contributed by atoms with Gasteiger partial charge in [0.15, 0.2) is 18.1 Å². The van der Waals surface area contributed by atoms with Crippen molar-refractivity contribution in [2.75, 3.05) is 18.6 Å². The van der Waals surface area contributed by atoms with Crippen LogP contribution in [0.5, 0.6) is 11.5 Å². The quantitative estimate of drug-likeness (QED) is 0.665. The fourth-order valence-corrected chi connectivity index (χ4v) is 1.92. The monoisotopic (exact) mass is 299 g/mol. The molecular weight excluding hydrogens is 282 g/mol. The second-order valence-corrected chi connectivity index (χ2v) is 4.98. The molecule has 0 heterocycles. The Labute approximate surface area is 121 Å². The first-order valence-electron chi connectivity index (χ1n) is 5.96. The molecule has 0 aromatic heterocycles. The van der Waals surface area contributed by atoms with Gasteiger partial charge in [0, 0.05) is 0 Å². The van der Waals surface area contributed by atoms with Crippen molar-refractivity contribution in [1.29, 1.82) is 0 Å². The maximum atomic E-state index is 11.6. The number of carbonyl (C=O) groups excluding carboxylic acids is 1. The Morgan fingerprint density at radius 3 is 2.70 bits per heavy atom. The summed E-state index contributed by atoms with van der Waals surface area (Å²) < 4.78 is 5.12. The minimum Gasteiger partial charge on any atom is -0.504 e. The van der Waals surface area contributed by atoms with Crippen molar-refractivity contribution < 1.29 is 24.5 Å². The first-order chi connectivity index (χ1) is 9.54. The van der Waals surface area contributed by atoms with Crippen LogP contribution in [0.4, 0.5) is 0 Å². The van der Waals surface area contributed by atoms with E-state index in [9.17, 15) is 14.7 Å². The highest BCUT2D eigenvalue weighted by atomic mass is 32.2. The molecule has 110 valence electrons. The molecule has 1 aromatic carbocycles. The molecule has 7 heteroatoms. The maximum Gasteiger partial charge on any atom is 0.326 e. The summed E-state index contributed by atoms with van der Waals surface area (Å²) in [6.45, 7) is -0.347. The van der Waals surface area contributed by atoms with Gasteiger partial charge >= 0.3 is 5.97 Å². The van der Waals surface area contributed by atoms with E-state index in [1.54, 1.807) is 12.1 Å². The highest BCUT2D eigenvalue weighted by Crippen LogP contribution is 2.23. The molecule has 0 saturated carbocycles. The van der Waals surface area contributed by atoms with Crippen LogP contribution < -0.4 is 10.1 Å². The average molecular weight is 299 g/mol. The van der Waals surface area contributed by atoms with E-state index in [0.717, 1.165) is 0 Å². The van der Waals surface area contributed by atoms with Gasteiger partial charge in [0.25, 0.3) is 5.91 Å². The summed E-state index contributed by atoms with van der Waals surface area (Å²) in [7, 11) is 0. The summed E-state index contributed by atoms with van der Waals surface area (Å²) in [4.78, 5) is 22.6. The predicted molar refractivity (Wildman–Crippen MR) is 76.2 cm³/mol. The van der Waals surface area contributed by atoms with Gasteiger partial charge in [-0.15, -0.1) is 0 Å². The van der Waals surface area contributed by atoms with Crippen LogP contribution in [-0.2, 0) is 9.59 Å². The third kappa shape index (κ3) is 5.40. The topological polar surface area (TPSA) is 95.9 Å². The van der Waals surface area contributed by atoms with Crippen molar-refractivity contribution in [3.63, 3.8) is 0 Å². The van der Waals surface area contributed by atoms with Crippen LogP contribution in [0.15, 0.2) is 24.3 Å². The molecule has 0 saturated heterocycles. The number of phenolic OH excluding ortho intramolecular Hbond substituents is 1. The Hall–Kier alpha value is -1.89. The number of amides is 1. The van der Waals surface area contributed by atoms with E-state index in [0.29, 0.717) is 12.2 Å². The number of rotatable bonds is 8. The summed E-state index contributed by atoms with van der Waals surface area (Å²) in [6, 6.07) is 5.32. The first kappa shape index (κ1) is 16.2. The minimum absolute atomic E-state index is 0.0718. The molecule has 0 aliphatic heterocycles. The number of carbonyl (C=O) groups is 2. The van der Waals surface area contributed by atoms with Gasteiger partial charge in [-0.2, -0.15) is 11.8 Å². The zero-order chi connectivity index (χ0) is 15.0. The van der Waals surface area contributed by atoms with Crippen LogP contribution in [-0.4, -0.2) is 46.7 Å². The van der Waals surface area contributed by atoms with Gasteiger partial charge in [0.2, 0.25) is 0 Å². The lowest BCUT2D eigenvalue weighted by Crippen LogP contribution is -2.43. The van der Waals surface area contributed by atoms with Crippen molar-refractivity contribution in [1.82, 2.24) is 5.32 Å². The normalized spacial score (nSPS) is 11.7. The van der Waals surface area contributed by atoms with Crippen molar-refractivity contribution >= 4 is 23.6 Å². The van der Waals surface area contributed by atoms with E-state index < -0.39 is 17.9 Å². The molecular formula is C13H17NO5S. The molecule has 1 unspecified atom stereocenters. The van der Waals surface area contributed by atoms with Gasteiger partial charge in [-0.1, -0.05) is 12.1 Å². The molecule has 0 aliphatic carbocycles. The van der Waals surface area contributed by atoms with Gasteiger partial charge in [-0.3, -0.25) is 4.79 Å². The Kier molecular flexibility index (Phi) is 6.72. The molecule has 0 radical (unpaired) electrons. The van der Waals surface area contributed by atoms with Crippen LogP contribution in [0.2, 0.25) is 0 Å². The Morgan fingerprint density at radius 1 is 1.40 bits per heavy atom. The third-order valence-electron chi connectivity index (χ3n) is 2.47. The minimum atomic E-state index is -1.07. The summed E-state index contributed by atoms with van der Waals surface area (Å²) in [6.07, 6.45) is 2.21. The largest absolute Gasteiger partial charge is 0.504 e. The lowest BCUT2D eigenvalue weighted by molar-refractivity contribution is -0.142. The number of benzene rings is 1. The van der Waals surface area contributed by atoms with E-state index in [1.165, 1.54) is 23.9 Å². The number of ether oxygens (including phenoxy) is 1. The van der Waals surface area contributed by atoms with Crippen LogP contribution in [0.3, 0.4) is 0 Å². The van der Waals surface area contributed by atoms with Crippen molar-refractivity contribution in [2.45, 2.75) is 12.5 Å². The summed E-state index contributed by atoms with van der Waals surface area (Å²) in [5, 5.41) is 20.8. The van der Waals surface area contributed by atoms with Gasteiger partial charge in [-0.05, 0) is 30.6 Å². The van der Waals surface area contributed by atoms with E-state index in [-0.39, 0.29) is 18.1 Å². The molecule has 20 heavy (non-hydrogen) atoms. The fraction of sp³-hybridized carbons (Fsp3) is 0.385. The molecule has 0 spiro atoms. The average Bonchev–Trinajstić information content (AvgIpc) is 2.42. The second-order valence-electron chi connectivity index (χ2n) is 4.00. The Morgan fingerprint density at radius 2 is 2.10 bits per heavy atom. The lowest BCUT2D eigenvalue weighted by Gasteiger charge is -2.14. The molecule has 0 aliphatic rings. The smallest absolute Gasteiger partial charge is 0.326 e. The second kappa shape index (κ2) is 8.31. The summed E-state index contributed by atoms with van der Waals surface area (Å²) >= 11 is 1.51. The third-order valence-corrected chi connectivity index (χ3v) is 3.11. The number of para-hydroxylation sites is 2. The number of hydrogen-bond donors (Lipinski definition) is 3. The number of carboxylic acids is 1. The molecule has 1 rings (SSSR count). The summed E-state index contributed by atoms with van der Waals surface area (Å²) in [5.74, 6) is -0.870. The number of thioether (sulfide) groups is 1. The van der Waals surface area contributed by atoms with Crippen molar-refractivity contribution in [2.24, 2.45) is 0 Å². The number of aliphatic carboxylic acids is 1. The van der Waals surface area contributed by atoms with Crippen LogP contribution in [0, 0.1) is 0 Å².